The lowest BCUT2D eigenvalue weighted by Gasteiger charge is -2.39. The van der Waals surface area contributed by atoms with E-state index in [-0.39, 0.29) is 12.1 Å². The van der Waals surface area contributed by atoms with E-state index in [0.29, 0.717) is 6.61 Å². The number of nitrogens with zero attached hydrogens (tertiary/aromatic N) is 1. The van der Waals surface area contributed by atoms with Gasteiger partial charge >= 0.3 is 0 Å². The number of hydrogen-bond donors (Lipinski definition) is 1. The van der Waals surface area contributed by atoms with Gasteiger partial charge in [-0.05, 0) is 38.7 Å². The molecule has 2 atom stereocenters. The minimum Gasteiger partial charge on any atom is -0.494 e. The van der Waals surface area contributed by atoms with E-state index in [0.717, 1.165) is 25.4 Å². The number of nitrogens with one attached hydrogen (secondary N) is 1. The monoisotopic (exact) mass is 264 g/mol. The molecule has 0 amide bonds. The van der Waals surface area contributed by atoms with Gasteiger partial charge in [0.2, 0.25) is 0 Å². The topological polar surface area (TPSA) is 33.7 Å². The summed E-state index contributed by atoms with van der Waals surface area (Å²) in [6, 6.07) is 8.62. The molecule has 1 aromatic rings. The van der Waals surface area contributed by atoms with Crippen molar-refractivity contribution in [2.75, 3.05) is 40.4 Å². The summed E-state index contributed by atoms with van der Waals surface area (Å²) >= 11 is 0. The van der Waals surface area contributed by atoms with Crippen LogP contribution in [-0.4, -0.2) is 51.4 Å². The summed E-state index contributed by atoms with van der Waals surface area (Å²) in [5.74, 6) is 0.933. The fraction of sp³-hybridized carbons (Fsp3) is 0.600. The molecule has 2 rings (SSSR count). The first-order valence-electron chi connectivity index (χ1n) is 6.95. The van der Waals surface area contributed by atoms with Gasteiger partial charge in [0.05, 0.1) is 25.4 Å². The number of likely N-dealkylation sites (N-methyl/N-ethyl adjacent to an activating group) is 2. The Morgan fingerprint density at radius 1 is 1.47 bits per heavy atom. The molecule has 1 saturated heterocycles. The maximum Gasteiger partial charge on any atom is 0.119 e. The maximum absolute atomic E-state index is 5.91. The van der Waals surface area contributed by atoms with Crippen molar-refractivity contribution in [1.82, 2.24) is 10.2 Å². The molecule has 1 fully saturated rings. The van der Waals surface area contributed by atoms with E-state index in [1.165, 1.54) is 5.56 Å². The largest absolute Gasteiger partial charge is 0.494 e. The molecule has 1 aromatic carbocycles. The molecule has 0 saturated carbocycles. The predicted molar refractivity (Wildman–Crippen MR) is 76.6 cm³/mol. The number of benzene rings is 1. The lowest BCUT2D eigenvalue weighted by Crippen LogP contribution is -2.46. The summed E-state index contributed by atoms with van der Waals surface area (Å²) in [6.07, 6.45) is 0.181. The van der Waals surface area contributed by atoms with E-state index >= 15 is 0 Å². The van der Waals surface area contributed by atoms with Gasteiger partial charge < -0.3 is 14.8 Å². The van der Waals surface area contributed by atoms with Crippen LogP contribution < -0.4 is 10.1 Å². The molecule has 0 radical (unpaired) electrons. The quantitative estimate of drug-likeness (QED) is 0.877. The second kappa shape index (κ2) is 6.89. The highest BCUT2D eigenvalue weighted by Crippen LogP contribution is 2.30. The standard InChI is InChI=1S/C15H24N2O2/c1-4-18-13-7-5-6-12(10-13)15-14(11-16-2)19-9-8-17(15)3/h5-7,10,14-16H,4,8-9,11H2,1-3H3. The highest BCUT2D eigenvalue weighted by Gasteiger charge is 2.31. The number of hydrogen-bond acceptors (Lipinski definition) is 4. The molecule has 4 nitrogen and oxygen atoms in total. The number of morpholine rings is 1. The minimum absolute atomic E-state index is 0.181. The average molecular weight is 264 g/mol. The number of rotatable bonds is 5. The first-order chi connectivity index (χ1) is 9.26. The molecule has 19 heavy (non-hydrogen) atoms. The first kappa shape index (κ1) is 14.3. The fourth-order valence-corrected chi connectivity index (χ4v) is 2.66. The van der Waals surface area contributed by atoms with Gasteiger partial charge in [0.25, 0.3) is 0 Å². The Hall–Kier alpha value is -1.10. The van der Waals surface area contributed by atoms with Crippen LogP contribution in [0.2, 0.25) is 0 Å². The second-order valence-corrected chi connectivity index (χ2v) is 4.90. The van der Waals surface area contributed by atoms with Crippen LogP contribution in [-0.2, 0) is 4.74 Å². The molecule has 2 unspecified atom stereocenters. The summed E-state index contributed by atoms with van der Waals surface area (Å²) in [6.45, 7) is 5.31. The zero-order valence-corrected chi connectivity index (χ0v) is 12.1. The molecular formula is C15H24N2O2. The van der Waals surface area contributed by atoms with Crippen LogP contribution in [0, 0.1) is 0 Å². The summed E-state index contributed by atoms with van der Waals surface area (Å²) in [7, 11) is 4.12. The Labute approximate surface area is 115 Å². The van der Waals surface area contributed by atoms with E-state index in [9.17, 15) is 0 Å². The zero-order chi connectivity index (χ0) is 13.7. The Morgan fingerprint density at radius 3 is 3.05 bits per heavy atom. The zero-order valence-electron chi connectivity index (χ0n) is 12.1. The van der Waals surface area contributed by atoms with Crippen molar-refractivity contribution >= 4 is 0 Å². The van der Waals surface area contributed by atoms with Crippen molar-refractivity contribution in [3.05, 3.63) is 29.8 Å². The number of ether oxygens (including phenoxy) is 2. The molecule has 1 aliphatic rings. The molecule has 1 aliphatic heterocycles. The SMILES string of the molecule is CCOc1cccc(C2C(CNC)OCCN2C)c1. The lowest BCUT2D eigenvalue weighted by atomic mass is 9.98. The smallest absolute Gasteiger partial charge is 0.119 e. The minimum atomic E-state index is 0.181. The molecule has 0 bridgehead atoms. The predicted octanol–water partition coefficient (Wildman–Crippen LogP) is 1.68. The van der Waals surface area contributed by atoms with E-state index in [1.54, 1.807) is 0 Å². The van der Waals surface area contributed by atoms with Crippen molar-refractivity contribution < 1.29 is 9.47 Å². The van der Waals surface area contributed by atoms with Gasteiger partial charge in [-0.15, -0.1) is 0 Å². The fourth-order valence-electron chi connectivity index (χ4n) is 2.66. The van der Waals surface area contributed by atoms with E-state index < -0.39 is 0 Å². The summed E-state index contributed by atoms with van der Waals surface area (Å²) < 4.78 is 11.5. The lowest BCUT2D eigenvalue weighted by molar-refractivity contribution is -0.0606. The van der Waals surface area contributed by atoms with Crippen molar-refractivity contribution in [3.63, 3.8) is 0 Å². The molecule has 106 valence electrons. The Kier molecular flexibility index (Phi) is 5.19. The van der Waals surface area contributed by atoms with E-state index in [2.05, 4.69) is 35.5 Å². The van der Waals surface area contributed by atoms with Gasteiger partial charge in [0, 0.05) is 13.1 Å². The van der Waals surface area contributed by atoms with Crippen LogP contribution in [0.5, 0.6) is 5.75 Å². The molecule has 1 heterocycles. The Balaban J connectivity index is 2.22. The van der Waals surface area contributed by atoms with E-state index in [4.69, 9.17) is 9.47 Å². The summed E-state index contributed by atoms with van der Waals surface area (Å²) in [5, 5.41) is 3.21. The van der Waals surface area contributed by atoms with Crippen molar-refractivity contribution in [3.8, 4) is 5.75 Å². The van der Waals surface area contributed by atoms with Crippen LogP contribution in [0.15, 0.2) is 24.3 Å². The Bertz CT molecular complexity index is 395. The molecule has 4 heteroatoms. The van der Waals surface area contributed by atoms with Crippen molar-refractivity contribution in [2.45, 2.75) is 19.1 Å². The normalized spacial score (nSPS) is 24.4. The first-order valence-corrected chi connectivity index (χ1v) is 6.95. The van der Waals surface area contributed by atoms with Gasteiger partial charge in [0.15, 0.2) is 0 Å². The highest BCUT2D eigenvalue weighted by atomic mass is 16.5. The molecule has 1 N–H and O–H groups in total. The van der Waals surface area contributed by atoms with Crippen LogP contribution in [0.25, 0.3) is 0 Å². The Morgan fingerprint density at radius 2 is 2.32 bits per heavy atom. The van der Waals surface area contributed by atoms with Gasteiger partial charge in [0.1, 0.15) is 5.75 Å². The van der Waals surface area contributed by atoms with Crippen LogP contribution in [0.3, 0.4) is 0 Å². The summed E-state index contributed by atoms with van der Waals surface area (Å²) in [4.78, 5) is 2.36. The van der Waals surface area contributed by atoms with Crippen molar-refractivity contribution in [1.29, 1.82) is 0 Å². The third kappa shape index (κ3) is 3.47. The third-order valence-corrected chi connectivity index (χ3v) is 3.52. The highest BCUT2D eigenvalue weighted by molar-refractivity contribution is 5.31. The van der Waals surface area contributed by atoms with Gasteiger partial charge in [-0.2, -0.15) is 0 Å². The van der Waals surface area contributed by atoms with E-state index in [1.807, 2.05) is 20.0 Å². The van der Waals surface area contributed by atoms with Crippen molar-refractivity contribution in [2.24, 2.45) is 0 Å². The third-order valence-electron chi connectivity index (χ3n) is 3.52. The molecule has 0 aliphatic carbocycles. The van der Waals surface area contributed by atoms with Gasteiger partial charge in [-0.3, -0.25) is 4.90 Å². The average Bonchev–Trinajstić information content (AvgIpc) is 2.40. The van der Waals surface area contributed by atoms with Crippen LogP contribution in [0.1, 0.15) is 18.5 Å². The molecule has 0 aromatic heterocycles. The molecular weight excluding hydrogens is 240 g/mol. The van der Waals surface area contributed by atoms with Crippen LogP contribution >= 0.6 is 0 Å². The van der Waals surface area contributed by atoms with Crippen LogP contribution in [0.4, 0.5) is 0 Å². The second-order valence-electron chi connectivity index (χ2n) is 4.90. The molecule has 0 spiro atoms. The van der Waals surface area contributed by atoms with Gasteiger partial charge in [-0.1, -0.05) is 12.1 Å². The van der Waals surface area contributed by atoms with Gasteiger partial charge in [-0.25, -0.2) is 0 Å². The maximum atomic E-state index is 5.91. The summed E-state index contributed by atoms with van der Waals surface area (Å²) in [5.41, 5.74) is 1.26.